The minimum Gasteiger partial charge on any atom is -0.508 e. The first-order valence-electron chi connectivity index (χ1n) is 4.23. The van der Waals surface area contributed by atoms with Gasteiger partial charge >= 0.3 is 0 Å². The molecule has 0 aliphatic heterocycles. The number of benzene rings is 1. The Balaban J connectivity index is 2.39. The van der Waals surface area contributed by atoms with E-state index in [4.69, 9.17) is 5.73 Å². The molecular formula is C10H10N2OS. The second-order valence-corrected chi connectivity index (χ2v) is 3.76. The van der Waals surface area contributed by atoms with E-state index in [-0.39, 0.29) is 5.75 Å². The van der Waals surface area contributed by atoms with Crippen molar-refractivity contribution in [2.24, 2.45) is 5.73 Å². The SMILES string of the molecule is NCc1csc(-c2cccc(O)c2)n1. The molecule has 0 saturated heterocycles. The van der Waals surface area contributed by atoms with Gasteiger partial charge in [0.15, 0.2) is 0 Å². The van der Waals surface area contributed by atoms with Gasteiger partial charge in [-0.2, -0.15) is 0 Å². The van der Waals surface area contributed by atoms with Crippen LogP contribution in [0, 0.1) is 0 Å². The third-order valence-corrected chi connectivity index (χ3v) is 2.79. The van der Waals surface area contributed by atoms with Crippen LogP contribution in [0.15, 0.2) is 29.6 Å². The quantitative estimate of drug-likeness (QED) is 0.789. The van der Waals surface area contributed by atoms with Crippen LogP contribution in [0.25, 0.3) is 10.6 Å². The average Bonchev–Trinajstić information content (AvgIpc) is 2.66. The smallest absolute Gasteiger partial charge is 0.123 e. The molecule has 2 aromatic rings. The van der Waals surface area contributed by atoms with Gasteiger partial charge in [0, 0.05) is 17.5 Å². The Hall–Kier alpha value is -1.39. The third-order valence-electron chi connectivity index (χ3n) is 1.85. The second-order valence-electron chi connectivity index (χ2n) is 2.90. The van der Waals surface area contributed by atoms with Gasteiger partial charge in [0.25, 0.3) is 0 Å². The van der Waals surface area contributed by atoms with Gasteiger partial charge in [-0.15, -0.1) is 11.3 Å². The summed E-state index contributed by atoms with van der Waals surface area (Å²) in [4.78, 5) is 4.32. The van der Waals surface area contributed by atoms with E-state index in [1.807, 2.05) is 11.4 Å². The Morgan fingerprint density at radius 3 is 2.93 bits per heavy atom. The van der Waals surface area contributed by atoms with Crippen LogP contribution in [0.2, 0.25) is 0 Å². The van der Waals surface area contributed by atoms with Crippen LogP contribution in [-0.4, -0.2) is 10.1 Å². The highest BCUT2D eigenvalue weighted by molar-refractivity contribution is 7.13. The molecule has 0 saturated carbocycles. The van der Waals surface area contributed by atoms with Crippen LogP contribution in [0.1, 0.15) is 5.69 Å². The predicted octanol–water partition coefficient (Wildman–Crippen LogP) is 1.97. The zero-order valence-electron chi connectivity index (χ0n) is 7.47. The van der Waals surface area contributed by atoms with Crippen LogP contribution in [-0.2, 0) is 6.54 Å². The van der Waals surface area contributed by atoms with Gasteiger partial charge in [0.1, 0.15) is 10.8 Å². The van der Waals surface area contributed by atoms with Crippen molar-refractivity contribution in [2.75, 3.05) is 0 Å². The molecule has 0 bridgehead atoms. The molecule has 0 atom stereocenters. The van der Waals surface area contributed by atoms with Crippen molar-refractivity contribution in [3.8, 4) is 16.3 Å². The topological polar surface area (TPSA) is 59.1 Å². The maximum absolute atomic E-state index is 9.29. The summed E-state index contributed by atoms with van der Waals surface area (Å²) in [5.74, 6) is 0.256. The van der Waals surface area contributed by atoms with Crippen LogP contribution in [0.4, 0.5) is 0 Å². The van der Waals surface area contributed by atoms with Gasteiger partial charge in [-0.1, -0.05) is 12.1 Å². The standard InChI is InChI=1S/C10H10N2OS/c11-5-8-6-14-10(12-8)7-2-1-3-9(13)4-7/h1-4,6,13H,5,11H2. The van der Waals surface area contributed by atoms with E-state index in [9.17, 15) is 5.11 Å². The van der Waals surface area contributed by atoms with E-state index >= 15 is 0 Å². The lowest BCUT2D eigenvalue weighted by molar-refractivity contribution is 0.475. The lowest BCUT2D eigenvalue weighted by Crippen LogP contribution is -1.95. The molecule has 0 fully saturated rings. The maximum atomic E-state index is 9.29. The van der Waals surface area contributed by atoms with Crippen molar-refractivity contribution in [3.05, 3.63) is 35.3 Å². The number of phenolic OH excluding ortho intramolecular Hbond substituents is 1. The van der Waals surface area contributed by atoms with Crippen molar-refractivity contribution in [2.45, 2.75) is 6.54 Å². The van der Waals surface area contributed by atoms with Crippen molar-refractivity contribution >= 4 is 11.3 Å². The number of aromatic hydroxyl groups is 1. The van der Waals surface area contributed by atoms with E-state index in [1.54, 1.807) is 18.2 Å². The number of aromatic nitrogens is 1. The highest BCUT2D eigenvalue weighted by atomic mass is 32.1. The summed E-state index contributed by atoms with van der Waals surface area (Å²) in [5, 5.41) is 12.1. The van der Waals surface area contributed by atoms with E-state index in [1.165, 1.54) is 11.3 Å². The summed E-state index contributed by atoms with van der Waals surface area (Å²) in [6.45, 7) is 0.454. The lowest BCUT2D eigenvalue weighted by Gasteiger charge is -1.96. The van der Waals surface area contributed by atoms with Gasteiger partial charge in [0.05, 0.1) is 5.69 Å². The molecule has 0 aliphatic carbocycles. The Bertz CT molecular complexity index is 439. The fraction of sp³-hybridized carbons (Fsp3) is 0.100. The van der Waals surface area contributed by atoms with E-state index in [0.717, 1.165) is 16.3 Å². The molecule has 1 heterocycles. The van der Waals surface area contributed by atoms with Crippen LogP contribution >= 0.6 is 11.3 Å². The molecule has 72 valence electrons. The highest BCUT2D eigenvalue weighted by Gasteiger charge is 2.03. The summed E-state index contributed by atoms with van der Waals surface area (Å²) in [5.41, 5.74) is 7.27. The molecule has 0 aliphatic rings. The molecule has 0 spiro atoms. The molecule has 3 nitrogen and oxygen atoms in total. The summed E-state index contributed by atoms with van der Waals surface area (Å²) in [6, 6.07) is 7.05. The van der Waals surface area contributed by atoms with Crippen LogP contribution in [0.3, 0.4) is 0 Å². The first kappa shape index (κ1) is 9.18. The maximum Gasteiger partial charge on any atom is 0.123 e. The Labute approximate surface area is 85.8 Å². The zero-order chi connectivity index (χ0) is 9.97. The van der Waals surface area contributed by atoms with E-state index < -0.39 is 0 Å². The van der Waals surface area contributed by atoms with Gasteiger partial charge in [-0.25, -0.2) is 4.98 Å². The Morgan fingerprint density at radius 2 is 2.29 bits per heavy atom. The summed E-state index contributed by atoms with van der Waals surface area (Å²) in [6.07, 6.45) is 0. The van der Waals surface area contributed by atoms with Crippen LogP contribution in [0.5, 0.6) is 5.75 Å². The Morgan fingerprint density at radius 1 is 1.43 bits per heavy atom. The fourth-order valence-electron chi connectivity index (χ4n) is 1.17. The molecular weight excluding hydrogens is 196 g/mol. The minimum absolute atomic E-state index is 0.256. The molecule has 0 amide bonds. The molecule has 14 heavy (non-hydrogen) atoms. The monoisotopic (exact) mass is 206 g/mol. The van der Waals surface area contributed by atoms with Crippen molar-refractivity contribution in [3.63, 3.8) is 0 Å². The van der Waals surface area contributed by atoms with Crippen molar-refractivity contribution < 1.29 is 5.11 Å². The number of rotatable bonds is 2. The number of hydrogen-bond acceptors (Lipinski definition) is 4. The highest BCUT2D eigenvalue weighted by Crippen LogP contribution is 2.26. The van der Waals surface area contributed by atoms with Gasteiger partial charge in [-0.05, 0) is 12.1 Å². The largest absolute Gasteiger partial charge is 0.508 e. The zero-order valence-corrected chi connectivity index (χ0v) is 8.29. The fourth-order valence-corrected chi connectivity index (χ4v) is 2.00. The van der Waals surface area contributed by atoms with E-state index in [0.29, 0.717) is 6.54 Å². The second kappa shape index (κ2) is 3.77. The van der Waals surface area contributed by atoms with Crippen molar-refractivity contribution in [1.29, 1.82) is 0 Å². The third kappa shape index (κ3) is 1.76. The number of thiazole rings is 1. The molecule has 1 aromatic heterocycles. The normalized spacial score (nSPS) is 10.4. The van der Waals surface area contributed by atoms with Gasteiger partial charge < -0.3 is 10.8 Å². The van der Waals surface area contributed by atoms with E-state index in [2.05, 4.69) is 4.98 Å². The average molecular weight is 206 g/mol. The first-order valence-corrected chi connectivity index (χ1v) is 5.11. The molecule has 3 N–H and O–H groups in total. The number of nitrogens with two attached hydrogens (primary N) is 1. The lowest BCUT2D eigenvalue weighted by atomic mass is 10.2. The molecule has 4 heteroatoms. The van der Waals surface area contributed by atoms with Gasteiger partial charge in [-0.3, -0.25) is 0 Å². The van der Waals surface area contributed by atoms with Gasteiger partial charge in [0.2, 0.25) is 0 Å². The van der Waals surface area contributed by atoms with Crippen LogP contribution < -0.4 is 5.73 Å². The summed E-state index contributed by atoms with van der Waals surface area (Å²) >= 11 is 1.53. The molecule has 0 unspecified atom stereocenters. The summed E-state index contributed by atoms with van der Waals surface area (Å²) in [7, 11) is 0. The number of phenols is 1. The predicted molar refractivity (Wildman–Crippen MR) is 57.1 cm³/mol. The molecule has 2 rings (SSSR count). The van der Waals surface area contributed by atoms with Crippen molar-refractivity contribution in [1.82, 2.24) is 4.98 Å². The summed E-state index contributed by atoms with van der Waals surface area (Å²) < 4.78 is 0. The Kier molecular flexibility index (Phi) is 2.47. The number of hydrogen-bond donors (Lipinski definition) is 2. The first-order chi connectivity index (χ1) is 6.79. The molecule has 0 radical (unpaired) electrons. The number of nitrogens with zero attached hydrogens (tertiary/aromatic N) is 1. The molecule has 1 aromatic carbocycles. The minimum atomic E-state index is 0.256.